The van der Waals surface area contributed by atoms with Crippen molar-refractivity contribution < 1.29 is 4.74 Å². The number of nitrogens with zero attached hydrogens (tertiary/aromatic N) is 2. The first-order valence-electron chi connectivity index (χ1n) is 7.35. The summed E-state index contributed by atoms with van der Waals surface area (Å²) in [6.45, 7) is 0. The molecule has 4 saturated carbocycles. The molecular weight excluding hydrogens is 238 g/mol. The van der Waals surface area contributed by atoms with Crippen LogP contribution in [0.1, 0.15) is 44.3 Å². The molecule has 0 unspecified atom stereocenters. The summed E-state index contributed by atoms with van der Waals surface area (Å²) in [7, 11) is 1.63. The Morgan fingerprint density at radius 1 is 1.16 bits per heavy atom. The smallest absolute Gasteiger partial charge is 0.240 e. The highest BCUT2D eigenvalue weighted by atomic mass is 16.5. The van der Waals surface area contributed by atoms with E-state index in [0.717, 1.165) is 23.6 Å². The third kappa shape index (κ3) is 1.65. The Labute approximate surface area is 113 Å². The minimum absolute atomic E-state index is 0.218. The molecule has 0 atom stereocenters. The molecular formula is C15H21N3O. The minimum atomic E-state index is 0.218. The Morgan fingerprint density at radius 2 is 1.74 bits per heavy atom. The van der Waals surface area contributed by atoms with E-state index in [1.54, 1.807) is 13.3 Å². The van der Waals surface area contributed by atoms with Crippen molar-refractivity contribution in [3.8, 4) is 5.88 Å². The fourth-order valence-electron chi connectivity index (χ4n) is 5.18. The Balaban J connectivity index is 1.75. The van der Waals surface area contributed by atoms with Gasteiger partial charge < -0.3 is 10.5 Å². The lowest BCUT2D eigenvalue weighted by atomic mass is 9.49. The summed E-state index contributed by atoms with van der Waals surface area (Å²) in [6.07, 6.45) is 9.84. The van der Waals surface area contributed by atoms with E-state index >= 15 is 0 Å². The lowest BCUT2D eigenvalue weighted by molar-refractivity contribution is -0.00961. The average molecular weight is 259 g/mol. The molecule has 0 radical (unpaired) electrons. The lowest BCUT2D eigenvalue weighted by Crippen LogP contribution is -2.49. The molecule has 4 nitrogen and oxygen atoms in total. The highest BCUT2D eigenvalue weighted by Gasteiger charge is 2.53. The van der Waals surface area contributed by atoms with Gasteiger partial charge in [-0.25, -0.2) is 4.98 Å². The fraction of sp³-hybridized carbons (Fsp3) is 0.733. The third-order valence-electron chi connectivity index (χ3n) is 5.49. The second kappa shape index (κ2) is 3.84. The standard InChI is InChI=1S/C15H21N3O/c1-19-13-12(16)8-17-14(18-13)15-5-9-2-10(6-15)4-11(3-9)7-15/h8-11H,2-7,16H2,1H3. The molecule has 102 valence electrons. The molecule has 4 fully saturated rings. The van der Waals surface area contributed by atoms with Gasteiger partial charge in [0.1, 0.15) is 11.5 Å². The van der Waals surface area contributed by atoms with Crippen LogP contribution in [0.3, 0.4) is 0 Å². The molecule has 4 bridgehead atoms. The van der Waals surface area contributed by atoms with Crippen LogP contribution in [0.2, 0.25) is 0 Å². The van der Waals surface area contributed by atoms with Crippen LogP contribution in [0, 0.1) is 17.8 Å². The molecule has 0 aliphatic heterocycles. The van der Waals surface area contributed by atoms with Crippen molar-refractivity contribution in [3.63, 3.8) is 0 Å². The van der Waals surface area contributed by atoms with E-state index in [1.165, 1.54) is 38.5 Å². The van der Waals surface area contributed by atoms with Crippen LogP contribution >= 0.6 is 0 Å². The summed E-state index contributed by atoms with van der Waals surface area (Å²) in [5.41, 5.74) is 6.60. The zero-order valence-corrected chi connectivity index (χ0v) is 11.4. The predicted molar refractivity (Wildman–Crippen MR) is 72.8 cm³/mol. The summed E-state index contributed by atoms with van der Waals surface area (Å²) < 4.78 is 5.27. The number of hydrogen-bond donors (Lipinski definition) is 1. The maximum absolute atomic E-state index is 5.84. The van der Waals surface area contributed by atoms with Gasteiger partial charge in [-0.3, -0.25) is 0 Å². The van der Waals surface area contributed by atoms with Gasteiger partial charge in [-0.05, 0) is 56.3 Å². The monoisotopic (exact) mass is 259 g/mol. The van der Waals surface area contributed by atoms with Gasteiger partial charge >= 0.3 is 0 Å². The summed E-state index contributed by atoms with van der Waals surface area (Å²) in [5.74, 6) is 4.23. The number of aromatic nitrogens is 2. The van der Waals surface area contributed by atoms with Crippen molar-refractivity contribution in [1.82, 2.24) is 9.97 Å². The van der Waals surface area contributed by atoms with Crippen molar-refractivity contribution in [1.29, 1.82) is 0 Å². The van der Waals surface area contributed by atoms with Crippen molar-refractivity contribution in [3.05, 3.63) is 12.0 Å². The van der Waals surface area contributed by atoms with E-state index in [0.29, 0.717) is 11.6 Å². The van der Waals surface area contributed by atoms with E-state index in [9.17, 15) is 0 Å². The number of anilines is 1. The third-order valence-corrected chi connectivity index (χ3v) is 5.49. The van der Waals surface area contributed by atoms with Gasteiger partial charge in [0, 0.05) is 5.41 Å². The van der Waals surface area contributed by atoms with Crippen LogP contribution < -0.4 is 10.5 Å². The maximum atomic E-state index is 5.84. The zero-order chi connectivity index (χ0) is 13.0. The van der Waals surface area contributed by atoms with E-state index in [1.807, 2.05) is 0 Å². The Kier molecular flexibility index (Phi) is 2.32. The fourth-order valence-corrected chi connectivity index (χ4v) is 5.18. The lowest BCUT2D eigenvalue weighted by Gasteiger charge is -2.55. The first kappa shape index (κ1) is 11.5. The molecule has 2 N–H and O–H groups in total. The van der Waals surface area contributed by atoms with Crippen molar-refractivity contribution in [2.75, 3.05) is 12.8 Å². The molecule has 5 rings (SSSR count). The molecule has 1 aromatic rings. The SMILES string of the molecule is COc1nc(C23CC4CC(CC(C4)C2)C3)ncc1N. The van der Waals surface area contributed by atoms with Crippen LogP contribution in [0.5, 0.6) is 5.88 Å². The number of hydrogen-bond acceptors (Lipinski definition) is 4. The largest absolute Gasteiger partial charge is 0.479 e. The molecule has 4 aliphatic carbocycles. The summed E-state index contributed by atoms with van der Waals surface area (Å²) in [6, 6.07) is 0. The Bertz CT molecular complexity index is 479. The molecule has 0 amide bonds. The van der Waals surface area contributed by atoms with Gasteiger partial charge in [0.25, 0.3) is 0 Å². The number of methoxy groups -OCH3 is 1. The van der Waals surface area contributed by atoms with Crippen LogP contribution in [-0.4, -0.2) is 17.1 Å². The normalized spacial score (nSPS) is 39.5. The van der Waals surface area contributed by atoms with Crippen molar-refractivity contribution >= 4 is 5.69 Å². The number of nitrogens with two attached hydrogens (primary N) is 1. The number of nitrogen functional groups attached to an aromatic ring is 1. The van der Waals surface area contributed by atoms with Gasteiger partial charge in [0.15, 0.2) is 0 Å². The first-order chi connectivity index (χ1) is 9.18. The van der Waals surface area contributed by atoms with E-state index in [2.05, 4.69) is 9.97 Å². The average Bonchev–Trinajstić information content (AvgIpc) is 2.37. The molecule has 0 spiro atoms. The van der Waals surface area contributed by atoms with Gasteiger partial charge in [0.2, 0.25) is 5.88 Å². The molecule has 4 aliphatic rings. The van der Waals surface area contributed by atoms with Crippen LogP contribution in [0.4, 0.5) is 5.69 Å². The van der Waals surface area contributed by atoms with Gasteiger partial charge in [-0.1, -0.05) is 0 Å². The van der Waals surface area contributed by atoms with E-state index < -0.39 is 0 Å². The molecule has 1 aromatic heterocycles. The van der Waals surface area contributed by atoms with Gasteiger partial charge in [0.05, 0.1) is 13.3 Å². The molecule has 0 saturated heterocycles. The van der Waals surface area contributed by atoms with Crippen LogP contribution in [-0.2, 0) is 5.41 Å². The maximum Gasteiger partial charge on any atom is 0.240 e. The van der Waals surface area contributed by atoms with Crippen LogP contribution in [0.25, 0.3) is 0 Å². The molecule has 1 heterocycles. The highest BCUT2D eigenvalue weighted by molar-refractivity contribution is 5.46. The number of ether oxygens (including phenoxy) is 1. The van der Waals surface area contributed by atoms with Crippen molar-refractivity contribution in [2.24, 2.45) is 17.8 Å². The number of rotatable bonds is 2. The second-order valence-corrected chi connectivity index (χ2v) is 6.86. The quantitative estimate of drug-likeness (QED) is 0.886. The first-order valence-corrected chi connectivity index (χ1v) is 7.35. The molecule has 4 heteroatoms. The second-order valence-electron chi connectivity index (χ2n) is 6.86. The van der Waals surface area contributed by atoms with Crippen LogP contribution in [0.15, 0.2) is 6.20 Å². The summed E-state index contributed by atoms with van der Waals surface area (Å²) in [5, 5.41) is 0. The Hall–Kier alpha value is -1.32. The Morgan fingerprint density at radius 3 is 2.26 bits per heavy atom. The molecule has 0 aromatic carbocycles. The van der Waals surface area contributed by atoms with E-state index in [4.69, 9.17) is 10.5 Å². The zero-order valence-electron chi connectivity index (χ0n) is 11.4. The summed E-state index contributed by atoms with van der Waals surface area (Å²) in [4.78, 5) is 9.18. The summed E-state index contributed by atoms with van der Waals surface area (Å²) >= 11 is 0. The predicted octanol–water partition coefficient (Wildman–Crippen LogP) is 2.54. The highest BCUT2D eigenvalue weighted by Crippen LogP contribution is 2.60. The van der Waals surface area contributed by atoms with E-state index in [-0.39, 0.29) is 5.41 Å². The van der Waals surface area contributed by atoms with Crippen molar-refractivity contribution in [2.45, 2.75) is 43.9 Å². The minimum Gasteiger partial charge on any atom is -0.479 e. The topological polar surface area (TPSA) is 61.0 Å². The van der Waals surface area contributed by atoms with Gasteiger partial charge in [-0.15, -0.1) is 0 Å². The van der Waals surface area contributed by atoms with Gasteiger partial charge in [-0.2, -0.15) is 4.98 Å². The molecule has 19 heavy (non-hydrogen) atoms.